The molecule has 1 aliphatic carbocycles. The van der Waals surface area contributed by atoms with Gasteiger partial charge in [0.1, 0.15) is 5.58 Å². The predicted octanol–water partition coefficient (Wildman–Crippen LogP) is 3.43. The Morgan fingerprint density at radius 2 is 1.86 bits per heavy atom. The molecule has 1 aromatic carbocycles. The number of hydrogen-bond acceptors (Lipinski definition) is 3. The summed E-state index contributed by atoms with van der Waals surface area (Å²) in [7, 11) is 0. The van der Waals surface area contributed by atoms with Crippen LogP contribution in [0.5, 0.6) is 0 Å². The largest absolute Gasteiger partial charge is 0.451 e. The number of carbonyl (C=O) groups excluding carboxylic acids is 2. The lowest BCUT2D eigenvalue weighted by molar-refractivity contribution is -0.126. The highest BCUT2D eigenvalue weighted by Gasteiger charge is 2.22. The van der Waals surface area contributed by atoms with Gasteiger partial charge >= 0.3 is 5.91 Å². The maximum Gasteiger partial charge on any atom is 0.305 e. The van der Waals surface area contributed by atoms with E-state index in [-0.39, 0.29) is 17.6 Å². The zero-order valence-electron chi connectivity index (χ0n) is 12.0. The third-order valence-corrected chi connectivity index (χ3v) is 4.21. The van der Waals surface area contributed by atoms with Crippen molar-refractivity contribution in [3.8, 4) is 0 Å². The van der Waals surface area contributed by atoms with Crippen molar-refractivity contribution in [3.05, 3.63) is 35.0 Å². The van der Waals surface area contributed by atoms with Crippen LogP contribution in [0.25, 0.3) is 11.0 Å². The summed E-state index contributed by atoms with van der Waals surface area (Å²) in [5.74, 6) is -0.478. The third-order valence-electron chi connectivity index (χ3n) is 3.98. The molecular formula is C16H17ClN2O3. The minimum absolute atomic E-state index is 0.0106. The Balaban J connectivity index is 1.61. The topological polar surface area (TPSA) is 71.3 Å². The molecule has 3 rings (SSSR count). The molecule has 2 aromatic rings. The van der Waals surface area contributed by atoms with Crippen molar-refractivity contribution in [2.24, 2.45) is 5.92 Å². The van der Waals surface area contributed by atoms with Gasteiger partial charge in [-0.05, 0) is 37.1 Å². The molecule has 0 aliphatic heterocycles. The van der Waals surface area contributed by atoms with Gasteiger partial charge in [-0.3, -0.25) is 20.4 Å². The van der Waals surface area contributed by atoms with Crippen LogP contribution in [0, 0.1) is 5.92 Å². The minimum atomic E-state index is -0.475. The van der Waals surface area contributed by atoms with Crippen LogP contribution in [-0.2, 0) is 4.79 Å². The van der Waals surface area contributed by atoms with Crippen molar-refractivity contribution < 1.29 is 14.0 Å². The summed E-state index contributed by atoms with van der Waals surface area (Å²) in [6.45, 7) is 0. The zero-order valence-corrected chi connectivity index (χ0v) is 12.8. The molecule has 2 N–H and O–H groups in total. The molecule has 1 saturated carbocycles. The van der Waals surface area contributed by atoms with Crippen molar-refractivity contribution in [1.29, 1.82) is 0 Å². The maximum absolute atomic E-state index is 12.0. The van der Waals surface area contributed by atoms with Gasteiger partial charge in [-0.25, -0.2) is 0 Å². The van der Waals surface area contributed by atoms with Crippen molar-refractivity contribution >= 4 is 34.4 Å². The van der Waals surface area contributed by atoms with Gasteiger partial charge in [0.05, 0.1) is 0 Å². The molecule has 0 unspecified atom stereocenters. The third kappa shape index (κ3) is 3.25. The average molecular weight is 321 g/mol. The quantitative estimate of drug-likeness (QED) is 0.833. The van der Waals surface area contributed by atoms with Gasteiger partial charge in [-0.2, -0.15) is 0 Å². The first-order valence-electron chi connectivity index (χ1n) is 7.43. The Kier molecular flexibility index (Phi) is 4.34. The van der Waals surface area contributed by atoms with Crippen LogP contribution in [0.15, 0.2) is 28.7 Å². The number of carbonyl (C=O) groups is 2. The molecule has 1 heterocycles. The highest BCUT2D eigenvalue weighted by molar-refractivity contribution is 6.31. The number of amides is 2. The fourth-order valence-electron chi connectivity index (χ4n) is 2.77. The molecule has 0 spiro atoms. The van der Waals surface area contributed by atoms with E-state index >= 15 is 0 Å². The predicted molar refractivity (Wildman–Crippen MR) is 83.4 cm³/mol. The molecule has 2 amide bonds. The monoisotopic (exact) mass is 320 g/mol. The Labute approximate surface area is 133 Å². The van der Waals surface area contributed by atoms with E-state index in [0.717, 1.165) is 31.1 Å². The van der Waals surface area contributed by atoms with E-state index in [0.29, 0.717) is 10.6 Å². The first-order valence-corrected chi connectivity index (χ1v) is 7.80. The molecule has 0 bridgehead atoms. The summed E-state index contributed by atoms with van der Waals surface area (Å²) >= 11 is 5.90. The highest BCUT2D eigenvalue weighted by Crippen LogP contribution is 2.24. The molecule has 0 radical (unpaired) electrons. The van der Waals surface area contributed by atoms with Crippen molar-refractivity contribution in [2.75, 3.05) is 0 Å². The van der Waals surface area contributed by atoms with Gasteiger partial charge in [0.25, 0.3) is 0 Å². The number of fused-ring (bicyclic) bond motifs is 1. The Hall–Kier alpha value is -2.01. The molecule has 6 heteroatoms. The summed E-state index contributed by atoms with van der Waals surface area (Å²) in [5, 5.41) is 1.32. The SMILES string of the molecule is O=C(NNC(=O)C1CCCCC1)c1cc2cc(Cl)ccc2o1. The fourth-order valence-corrected chi connectivity index (χ4v) is 2.95. The van der Waals surface area contributed by atoms with Crippen molar-refractivity contribution in [2.45, 2.75) is 32.1 Å². The lowest BCUT2D eigenvalue weighted by Crippen LogP contribution is -2.44. The summed E-state index contributed by atoms with van der Waals surface area (Å²) < 4.78 is 5.44. The normalized spacial score (nSPS) is 15.7. The fraction of sp³-hybridized carbons (Fsp3) is 0.375. The molecular weight excluding hydrogens is 304 g/mol. The summed E-state index contributed by atoms with van der Waals surface area (Å²) in [6.07, 6.45) is 5.07. The summed E-state index contributed by atoms with van der Waals surface area (Å²) in [6, 6.07) is 6.72. The lowest BCUT2D eigenvalue weighted by atomic mass is 9.89. The van der Waals surface area contributed by atoms with Crippen LogP contribution < -0.4 is 10.9 Å². The van der Waals surface area contributed by atoms with Crippen LogP contribution in [0.3, 0.4) is 0 Å². The maximum atomic E-state index is 12.0. The molecule has 0 atom stereocenters. The summed E-state index contributed by atoms with van der Waals surface area (Å²) in [4.78, 5) is 24.0. The van der Waals surface area contributed by atoms with Crippen LogP contribution in [0.4, 0.5) is 0 Å². The van der Waals surface area contributed by atoms with Crippen molar-refractivity contribution in [3.63, 3.8) is 0 Å². The molecule has 0 saturated heterocycles. The first-order chi connectivity index (χ1) is 10.6. The van der Waals surface area contributed by atoms with Crippen LogP contribution in [0.1, 0.15) is 42.7 Å². The van der Waals surface area contributed by atoms with Gasteiger partial charge in [0.15, 0.2) is 5.76 Å². The Bertz CT molecular complexity index is 704. The second-order valence-corrected chi connectivity index (χ2v) is 6.01. The van der Waals surface area contributed by atoms with Gasteiger partial charge in [-0.1, -0.05) is 30.9 Å². The number of halogens is 1. The minimum Gasteiger partial charge on any atom is -0.451 e. The van der Waals surface area contributed by atoms with E-state index in [1.165, 1.54) is 6.42 Å². The van der Waals surface area contributed by atoms with Crippen LogP contribution in [-0.4, -0.2) is 11.8 Å². The summed E-state index contributed by atoms with van der Waals surface area (Å²) in [5.41, 5.74) is 5.47. The van der Waals surface area contributed by atoms with Crippen LogP contribution >= 0.6 is 11.6 Å². The number of rotatable bonds is 2. The molecule has 1 aromatic heterocycles. The molecule has 116 valence electrons. The Morgan fingerprint density at radius 1 is 1.09 bits per heavy atom. The zero-order chi connectivity index (χ0) is 15.5. The van der Waals surface area contributed by atoms with Crippen molar-refractivity contribution in [1.82, 2.24) is 10.9 Å². The highest BCUT2D eigenvalue weighted by atomic mass is 35.5. The smallest absolute Gasteiger partial charge is 0.305 e. The van der Waals surface area contributed by atoms with E-state index in [1.54, 1.807) is 24.3 Å². The number of nitrogens with one attached hydrogen (secondary N) is 2. The molecule has 1 fully saturated rings. The number of furan rings is 1. The Morgan fingerprint density at radius 3 is 2.64 bits per heavy atom. The molecule has 22 heavy (non-hydrogen) atoms. The number of hydrogen-bond donors (Lipinski definition) is 2. The number of benzene rings is 1. The second kappa shape index (κ2) is 6.40. The van der Waals surface area contributed by atoms with Crippen LogP contribution in [0.2, 0.25) is 5.02 Å². The lowest BCUT2D eigenvalue weighted by Gasteiger charge is -2.20. The van der Waals surface area contributed by atoms with E-state index in [1.807, 2.05) is 0 Å². The van der Waals surface area contributed by atoms with Gasteiger partial charge in [-0.15, -0.1) is 0 Å². The molecule has 1 aliphatic rings. The number of hydrazine groups is 1. The van der Waals surface area contributed by atoms with Gasteiger partial charge in [0.2, 0.25) is 5.91 Å². The van der Waals surface area contributed by atoms with Gasteiger partial charge < -0.3 is 4.42 Å². The van der Waals surface area contributed by atoms with E-state index in [2.05, 4.69) is 10.9 Å². The van der Waals surface area contributed by atoms with E-state index < -0.39 is 5.91 Å². The second-order valence-electron chi connectivity index (χ2n) is 5.57. The average Bonchev–Trinajstić information content (AvgIpc) is 2.96. The molecule has 5 nitrogen and oxygen atoms in total. The van der Waals surface area contributed by atoms with E-state index in [4.69, 9.17) is 16.0 Å². The first kappa shape index (κ1) is 14.9. The standard InChI is InChI=1S/C16H17ClN2O3/c17-12-6-7-13-11(8-12)9-14(22-13)16(21)19-18-15(20)10-4-2-1-3-5-10/h6-10H,1-5H2,(H,18,20)(H,19,21). The van der Waals surface area contributed by atoms with E-state index in [9.17, 15) is 9.59 Å². The van der Waals surface area contributed by atoms with Gasteiger partial charge in [0, 0.05) is 16.3 Å².